The van der Waals surface area contributed by atoms with E-state index < -0.39 is 0 Å². The first kappa shape index (κ1) is 10.8. The number of hydrogen-bond acceptors (Lipinski definition) is 2. The highest BCUT2D eigenvalue weighted by Crippen LogP contribution is 2.24. The SMILES string of the molecule is Cc1cc(-c2ccc(C=O)c(Cl)c2)ccn1. The largest absolute Gasteiger partial charge is 0.298 e. The van der Waals surface area contributed by atoms with Crippen LogP contribution in [-0.4, -0.2) is 11.3 Å². The van der Waals surface area contributed by atoms with Crippen molar-refractivity contribution < 1.29 is 4.79 Å². The maximum atomic E-state index is 10.6. The molecule has 0 fully saturated rings. The lowest BCUT2D eigenvalue weighted by Gasteiger charge is -2.04. The summed E-state index contributed by atoms with van der Waals surface area (Å²) in [6.07, 6.45) is 2.51. The van der Waals surface area contributed by atoms with Crippen LogP contribution >= 0.6 is 11.6 Å². The molecule has 16 heavy (non-hydrogen) atoms. The molecular formula is C13H10ClNO. The number of benzene rings is 1. The van der Waals surface area contributed by atoms with Gasteiger partial charge in [0.05, 0.1) is 5.02 Å². The molecule has 0 bridgehead atoms. The van der Waals surface area contributed by atoms with Crippen molar-refractivity contribution in [1.29, 1.82) is 0 Å². The molecule has 0 atom stereocenters. The van der Waals surface area contributed by atoms with E-state index in [1.165, 1.54) is 0 Å². The summed E-state index contributed by atoms with van der Waals surface area (Å²) < 4.78 is 0. The van der Waals surface area contributed by atoms with Crippen LogP contribution in [-0.2, 0) is 0 Å². The van der Waals surface area contributed by atoms with Gasteiger partial charge in [0.1, 0.15) is 0 Å². The minimum Gasteiger partial charge on any atom is -0.298 e. The van der Waals surface area contributed by atoms with Gasteiger partial charge in [0.2, 0.25) is 0 Å². The Morgan fingerprint density at radius 1 is 1.19 bits per heavy atom. The topological polar surface area (TPSA) is 30.0 Å². The van der Waals surface area contributed by atoms with Crippen LogP contribution in [0.4, 0.5) is 0 Å². The summed E-state index contributed by atoms with van der Waals surface area (Å²) in [4.78, 5) is 14.8. The van der Waals surface area contributed by atoms with E-state index in [4.69, 9.17) is 11.6 Å². The maximum Gasteiger partial charge on any atom is 0.151 e. The molecule has 80 valence electrons. The molecule has 1 heterocycles. The number of aromatic nitrogens is 1. The van der Waals surface area contributed by atoms with Gasteiger partial charge in [0.15, 0.2) is 6.29 Å². The molecule has 0 N–H and O–H groups in total. The van der Waals surface area contributed by atoms with Crippen molar-refractivity contribution >= 4 is 17.9 Å². The van der Waals surface area contributed by atoms with Crippen LogP contribution in [0, 0.1) is 6.92 Å². The van der Waals surface area contributed by atoms with Crippen molar-refractivity contribution in [3.63, 3.8) is 0 Å². The van der Waals surface area contributed by atoms with Crippen molar-refractivity contribution in [2.75, 3.05) is 0 Å². The second kappa shape index (κ2) is 4.45. The lowest BCUT2D eigenvalue weighted by Crippen LogP contribution is -1.86. The van der Waals surface area contributed by atoms with Gasteiger partial charge in [-0.3, -0.25) is 9.78 Å². The third-order valence-corrected chi connectivity index (χ3v) is 2.68. The average Bonchev–Trinajstić information content (AvgIpc) is 2.29. The molecule has 0 saturated heterocycles. The molecule has 0 aliphatic carbocycles. The first-order valence-corrected chi connectivity index (χ1v) is 5.26. The Labute approximate surface area is 98.9 Å². The van der Waals surface area contributed by atoms with E-state index >= 15 is 0 Å². The van der Waals surface area contributed by atoms with Gasteiger partial charge in [-0.1, -0.05) is 17.7 Å². The number of aldehydes is 1. The third-order valence-electron chi connectivity index (χ3n) is 2.36. The molecule has 1 aromatic carbocycles. The van der Waals surface area contributed by atoms with E-state index in [0.717, 1.165) is 23.1 Å². The Kier molecular flexibility index (Phi) is 3.02. The summed E-state index contributed by atoms with van der Waals surface area (Å²) in [5, 5.41) is 0.474. The van der Waals surface area contributed by atoms with Crippen LogP contribution in [0.1, 0.15) is 16.1 Å². The molecular weight excluding hydrogens is 222 g/mol. The minimum atomic E-state index is 0.474. The molecule has 0 aliphatic rings. The van der Waals surface area contributed by atoms with Gasteiger partial charge in [0.25, 0.3) is 0 Å². The minimum absolute atomic E-state index is 0.474. The number of carbonyl (C=O) groups is 1. The van der Waals surface area contributed by atoms with Crippen molar-refractivity contribution in [3.8, 4) is 11.1 Å². The Morgan fingerprint density at radius 3 is 2.56 bits per heavy atom. The zero-order valence-corrected chi connectivity index (χ0v) is 9.53. The smallest absolute Gasteiger partial charge is 0.151 e. The van der Waals surface area contributed by atoms with Crippen LogP contribution in [0.5, 0.6) is 0 Å². The van der Waals surface area contributed by atoms with E-state index in [1.807, 2.05) is 25.1 Å². The van der Waals surface area contributed by atoms with Crippen LogP contribution in [0.25, 0.3) is 11.1 Å². The van der Waals surface area contributed by atoms with E-state index in [1.54, 1.807) is 18.3 Å². The molecule has 0 saturated carbocycles. The number of carbonyl (C=O) groups excluding carboxylic acids is 1. The van der Waals surface area contributed by atoms with Gasteiger partial charge in [-0.15, -0.1) is 0 Å². The monoisotopic (exact) mass is 231 g/mol. The van der Waals surface area contributed by atoms with Crippen LogP contribution < -0.4 is 0 Å². The number of nitrogens with zero attached hydrogens (tertiary/aromatic N) is 1. The number of halogens is 1. The highest BCUT2D eigenvalue weighted by molar-refractivity contribution is 6.33. The van der Waals surface area contributed by atoms with Crippen molar-refractivity contribution in [2.24, 2.45) is 0 Å². The average molecular weight is 232 g/mol. The predicted octanol–water partition coefficient (Wildman–Crippen LogP) is 3.52. The fourth-order valence-corrected chi connectivity index (χ4v) is 1.75. The fourth-order valence-electron chi connectivity index (χ4n) is 1.53. The third kappa shape index (κ3) is 2.12. The Hall–Kier alpha value is -1.67. The van der Waals surface area contributed by atoms with Crippen molar-refractivity contribution in [1.82, 2.24) is 4.98 Å². The Bertz CT molecular complexity index is 537. The van der Waals surface area contributed by atoms with E-state index in [-0.39, 0.29) is 0 Å². The van der Waals surface area contributed by atoms with Crippen molar-refractivity contribution in [2.45, 2.75) is 6.92 Å². The summed E-state index contributed by atoms with van der Waals surface area (Å²) >= 11 is 5.97. The quantitative estimate of drug-likeness (QED) is 0.741. The Morgan fingerprint density at radius 2 is 1.94 bits per heavy atom. The van der Waals surface area contributed by atoms with Gasteiger partial charge in [0, 0.05) is 17.5 Å². The normalized spacial score (nSPS) is 10.1. The van der Waals surface area contributed by atoms with Crippen LogP contribution in [0.3, 0.4) is 0 Å². The molecule has 0 amide bonds. The molecule has 0 radical (unpaired) electrons. The molecule has 1 aromatic heterocycles. The number of hydrogen-bond donors (Lipinski definition) is 0. The highest BCUT2D eigenvalue weighted by atomic mass is 35.5. The van der Waals surface area contributed by atoms with Gasteiger partial charge >= 0.3 is 0 Å². The number of rotatable bonds is 2. The summed E-state index contributed by atoms with van der Waals surface area (Å²) in [5.74, 6) is 0. The molecule has 0 spiro atoms. The predicted molar refractivity (Wildman–Crippen MR) is 64.8 cm³/mol. The van der Waals surface area contributed by atoms with Gasteiger partial charge in [-0.05, 0) is 42.3 Å². The van der Waals surface area contributed by atoms with Crippen molar-refractivity contribution in [3.05, 3.63) is 52.8 Å². The molecule has 0 aliphatic heterocycles. The Balaban J connectivity index is 2.49. The van der Waals surface area contributed by atoms with Crippen LogP contribution in [0.15, 0.2) is 36.5 Å². The molecule has 3 heteroatoms. The lowest BCUT2D eigenvalue weighted by atomic mass is 10.0. The van der Waals surface area contributed by atoms with E-state index in [9.17, 15) is 4.79 Å². The van der Waals surface area contributed by atoms with Gasteiger partial charge in [-0.25, -0.2) is 0 Å². The second-order valence-electron chi connectivity index (χ2n) is 3.54. The molecule has 2 aromatic rings. The zero-order chi connectivity index (χ0) is 11.5. The van der Waals surface area contributed by atoms with Crippen LogP contribution in [0.2, 0.25) is 5.02 Å². The fraction of sp³-hybridized carbons (Fsp3) is 0.0769. The van der Waals surface area contributed by atoms with E-state index in [0.29, 0.717) is 10.6 Å². The number of aryl methyl sites for hydroxylation is 1. The van der Waals surface area contributed by atoms with Gasteiger partial charge < -0.3 is 0 Å². The molecule has 2 rings (SSSR count). The summed E-state index contributed by atoms with van der Waals surface area (Å²) in [6, 6.07) is 9.29. The lowest BCUT2D eigenvalue weighted by molar-refractivity contribution is 0.112. The number of pyridine rings is 1. The molecule has 0 unspecified atom stereocenters. The maximum absolute atomic E-state index is 10.6. The summed E-state index contributed by atoms with van der Waals surface area (Å²) in [7, 11) is 0. The second-order valence-corrected chi connectivity index (χ2v) is 3.95. The first-order valence-electron chi connectivity index (χ1n) is 4.88. The van der Waals surface area contributed by atoms with Gasteiger partial charge in [-0.2, -0.15) is 0 Å². The van der Waals surface area contributed by atoms with E-state index in [2.05, 4.69) is 4.98 Å². The standard InChI is InChI=1S/C13H10ClNO/c1-9-6-11(4-5-15-9)10-2-3-12(8-16)13(14)7-10/h2-8H,1H3. The zero-order valence-electron chi connectivity index (χ0n) is 8.77. The molecule has 2 nitrogen and oxygen atoms in total. The highest BCUT2D eigenvalue weighted by Gasteiger charge is 2.03. The first-order chi connectivity index (χ1) is 7.70. The summed E-state index contributed by atoms with van der Waals surface area (Å²) in [6.45, 7) is 1.94. The summed E-state index contributed by atoms with van der Waals surface area (Å²) in [5.41, 5.74) is 3.50.